The molecule has 1 aromatic carbocycles. The molecule has 1 heterocycles. The number of anilines is 2. The topological polar surface area (TPSA) is 47.3 Å². The fraction of sp³-hybridized carbons (Fsp3) is 0.231. The van der Waals surface area contributed by atoms with E-state index < -0.39 is 0 Å². The summed E-state index contributed by atoms with van der Waals surface area (Å²) in [5.41, 5.74) is 7.61. The Labute approximate surface area is 119 Å². The Balaban J connectivity index is 2.10. The minimum Gasteiger partial charge on any atom is -0.492 e. The first kappa shape index (κ1) is 13.2. The quantitative estimate of drug-likeness (QED) is 0.813. The van der Waals surface area contributed by atoms with Crippen molar-refractivity contribution in [2.24, 2.45) is 0 Å². The molecule has 0 amide bonds. The zero-order valence-corrected chi connectivity index (χ0v) is 12.5. The van der Waals surface area contributed by atoms with E-state index in [0.29, 0.717) is 12.3 Å². The van der Waals surface area contributed by atoms with E-state index in [1.54, 1.807) is 11.3 Å². The monoisotopic (exact) mass is 326 g/mol. The minimum absolute atomic E-state index is 0.615. The number of hydrogen-bond donors (Lipinski definition) is 2. The number of benzene rings is 1. The van der Waals surface area contributed by atoms with Gasteiger partial charge in [-0.05, 0) is 46.4 Å². The maximum atomic E-state index is 6.05. The third-order valence-corrected chi connectivity index (χ3v) is 4.42. The molecule has 0 atom stereocenters. The van der Waals surface area contributed by atoms with E-state index in [0.717, 1.165) is 22.5 Å². The molecule has 18 heavy (non-hydrogen) atoms. The van der Waals surface area contributed by atoms with Gasteiger partial charge in [0.25, 0.3) is 0 Å². The lowest BCUT2D eigenvalue weighted by atomic mass is 10.2. The second-order valence-electron chi connectivity index (χ2n) is 3.70. The molecule has 0 saturated heterocycles. The van der Waals surface area contributed by atoms with Crippen LogP contribution in [0.2, 0.25) is 0 Å². The molecule has 2 aromatic rings. The molecule has 5 heteroatoms. The molecule has 0 aliphatic heterocycles. The van der Waals surface area contributed by atoms with Crippen LogP contribution in [0.15, 0.2) is 34.1 Å². The van der Waals surface area contributed by atoms with E-state index in [2.05, 4.69) is 26.6 Å². The Hall–Kier alpha value is -1.20. The summed E-state index contributed by atoms with van der Waals surface area (Å²) in [7, 11) is 0. The van der Waals surface area contributed by atoms with Gasteiger partial charge in [0.05, 0.1) is 24.5 Å². The average molecular weight is 327 g/mol. The van der Waals surface area contributed by atoms with Crippen molar-refractivity contribution in [2.45, 2.75) is 13.5 Å². The SMILES string of the molecule is CCOc1cccc(NCc2sccc2Br)c1N. The van der Waals surface area contributed by atoms with Crippen LogP contribution in [0.3, 0.4) is 0 Å². The van der Waals surface area contributed by atoms with Gasteiger partial charge in [-0.25, -0.2) is 0 Å². The Morgan fingerprint density at radius 1 is 1.39 bits per heavy atom. The lowest BCUT2D eigenvalue weighted by molar-refractivity contribution is 0.342. The van der Waals surface area contributed by atoms with Crippen LogP contribution in [-0.2, 0) is 6.54 Å². The molecule has 0 spiro atoms. The van der Waals surface area contributed by atoms with Gasteiger partial charge in [-0.15, -0.1) is 11.3 Å². The number of halogens is 1. The number of hydrogen-bond acceptors (Lipinski definition) is 4. The molecule has 2 rings (SSSR count). The smallest absolute Gasteiger partial charge is 0.144 e. The van der Waals surface area contributed by atoms with Crippen molar-refractivity contribution < 1.29 is 4.74 Å². The lowest BCUT2D eigenvalue weighted by Crippen LogP contribution is -2.04. The van der Waals surface area contributed by atoms with Crippen LogP contribution in [0.1, 0.15) is 11.8 Å². The highest BCUT2D eigenvalue weighted by Crippen LogP contribution is 2.31. The Morgan fingerprint density at radius 2 is 2.22 bits per heavy atom. The fourth-order valence-electron chi connectivity index (χ4n) is 1.61. The second-order valence-corrected chi connectivity index (χ2v) is 5.55. The normalized spacial score (nSPS) is 10.3. The molecule has 0 unspecified atom stereocenters. The number of nitrogens with one attached hydrogen (secondary N) is 1. The Bertz CT molecular complexity index is 527. The molecular formula is C13H15BrN2OS. The van der Waals surface area contributed by atoms with Crippen LogP contribution >= 0.6 is 27.3 Å². The predicted molar refractivity (Wildman–Crippen MR) is 81.4 cm³/mol. The molecule has 0 saturated carbocycles. The van der Waals surface area contributed by atoms with Crippen molar-refractivity contribution in [1.29, 1.82) is 0 Å². The fourth-order valence-corrected chi connectivity index (χ4v) is 3.04. The lowest BCUT2D eigenvalue weighted by Gasteiger charge is -2.12. The maximum Gasteiger partial charge on any atom is 0.144 e. The van der Waals surface area contributed by atoms with Gasteiger partial charge in [-0.3, -0.25) is 0 Å². The first-order valence-electron chi connectivity index (χ1n) is 5.69. The van der Waals surface area contributed by atoms with Crippen molar-refractivity contribution in [3.05, 3.63) is 39.0 Å². The summed E-state index contributed by atoms with van der Waals surface area (Å²) in [6, 6.07) is 7.82. The summed E-state index contributed by atoms with van der Waals surface area (Å²) in [6.07, 6.45) is 0. The molecule has 3 N–H and O–H groups in total. The Morgan fingerprint density at radius 3 is 2.89 bits per heavy atom. The van der Waals surface area contributed by atoms with Crippen LogP contribution < -0.4 is 15.8 Å². The number of ether oxygens (including phenoxy) is 1. The second kappa shape index (κ2) is 6.11. The van der Waals surface area contributed by atoms with E-state index in [1.165, 1.54) is 4.88 Å². The summed E-state index contributed by atoms with van der Waals surface area (Å²) < 4.78 is 6.59. The van der Waals surface area contributed by atoms with Crippen LogP contribution in [-0.4, -0.2) is 6.61 Å². The molecule has 1 aromatic heterocycles. The van der Waals surface area contributed by atoms with Gasteiger partial charge in [0, 0.05) is 9.35 Å². The summed E-state index contributed by atoms with van der Waals surface area (Å²) in [4.78, 5) is 1.25. The van der Waals surface area contributed by atoms with Gasteiger partial charge in [0.2, 0.25) is 0 Å². The van der Waals surface area contributed by atoms with Crippen LogP contribution in [0.5, 0.6) is 5.75 Å². The molecule has 3 nitrogen and oxygen atoms in total. The largest absolute Gasteiger partial charge is 0.492 e. The molecule has 0 aliphatic carbocycles. The van der Waals surface area contributed by atoms with Gasteiger partial charge >= 0.3 is 0 Å². The zero-order valence-electron chi connectivity index (χ0n) is 10.1. The maximum absolute atomic E-state index is 6.05. The third-order valence-electron chi connectivity index (χ3n) is 2.50. The standard InChI is InChI=1S/C13H15BrN2OS/c1-2-17-11-5-3-4-10(13(11)15)16-8-12-9(14)6-7-18-12/h3-7,16H,2,8,15H2,1H3. The van der Waals surface area contributed by atoms with E-state index in [1.807, 2.05) is 31.2 Å². The van der Waals surface area contributed by atoms with Crippen molar-refractivity contribution in [1.82, 2.24) is 0 Å². The number of rotatable bonds is 5. The predicted octanol–water partition coefficient (Wildman–Crippen LogP) is 4.10. The number of para-hydroxylation sites is 1. The van der Waals surface area contributed by atoms with Crippen molar-refractivity contribution >= 4 is 38.6 Å². The molecule has 0 bridgehead atoms. The van der Waals surface area contributed by atoms with Crippen molar-refractivity contribution in [3.63, 3.8) is 0 Å². The summed E-state index contributed by atoms with van der Waals surface area (Å²) in [6.45, 7) is 3.31. The average Bonchev–Trinajstić information content (AvgIpc) is 2.76. The van der Waals surface area contributed by atoms with Crippen molar-refractivity contribution in [2.75, 3.05) is 17.7 Å². The zero-order chi connectivity index (χ0) is 13.0. The van der Waals surface area contributed by atoms with Crippen molar-refractivity contribution in [3.8, 4) is 5.75 Å². The number of nitrogen functional groups attached to an aromatic ring is 1. The summed E-state index contributed by atoms with van der Waals surface area (Å²) >= 11 is 5.22. The highest BCUT2D eigenvalue weighted by Gasteiger charge is 2.06. The third kappa shape index (κ3) is 2.97. The molecule has 0 radical (unpaired) electrons. The highest BCUT2D eigenvalue weighted by molar-refractivity contribution is 9.10. The van der Waals surface area contributed by atoms with Gasteiger partial charge < -0.3 is 15.8 Å². The minimum atomic E-state index is 0.615. The van der Waals surface area contributed by atoms with Crippen LogP contribution in [0, 0.1) is 0 Å². The summed E-state index contributed by atoms with van der Waals surface area (Å²) in [5.74, 6) is 0.729. The van der Waals surface area contributed by atoms with E-state index in [4.69, 9.17) is 10.5 Å². The summed E-state index contributed by atoms with van der Waals surface area (Å²) in [5, 5.41) is 5.39. The highest BCUT2D eigenvalue weighted by atomic mass is 79.9. The van der Waals surface area contributed by atoms with Gasteiger partial charge in [0.1, 0.15) is 5.75 Å². The molecule has 0 aliphatic rings. The van der Waals surface area contributed by atoms with Gasteiger partial charge in [-0.2, -0.15) is 0 Å². The van der Waals surface area contributed by atoms with Crippen LogP contribution in [0.4, 0.5) is 11.4 Å². The van der Waals surface area contributed by atoms with Gasteiger partial charge in [0.15, 0.2) is 0 Å². The number of thiophene rings is 1. The molecule has 96 valence electrons. The van der Waals surface area contributed by atoms with E-state index >= 15 is 0 Å². The first-order chi connectivity index (χ1) is 8.72. The van der Waals surface area contributed by atoms with E-state index in [9.17, 15) is 0 Å². The van der Waals surface area contributed by atoms with E-state index in [-0.39, 0.29) is 0 Å². The number of nitrogens with two attached hydrogens (primary N) is 1. The Kier molecular flexibility index (Phi) is 4.49. The molecule has 0 fully saturated rings. The van der Waals surface area contributed by atoms with Gasteiger partial charge in [-0.1, -0.05) is 6.07 Å². The first-order valence-corrected chi connectivity index (χ1v) is 7.36. The molecular weight excluding hydrogens is 312 g/mol. The van der Waals surface area contributed by atoms with Crippen LogP contribution in [0.25, 0.3) is 0 Å².